The number of alkyl halides is 2. The number of anilines is 1. The highest BCUT2D eigenvalue weighted by Crippen LogP contribution is 2.36. The van der Waals surface area contributed by atoms with E-state index in [4.69, 9.17) is 4.74 Å². The molecule has 1 unspecified atom stereocenters. The number of para-hydroxylation sites is 1. The molecule has 0 bridgehead atoms. The second kappa shape index (κ2) is 7.06. The van der Waals surface area contributed by atoms with Gasteiger partial charge in [0.25, 0.3) is 6.43 Å². The smallest absolute Gasteiger partial charge is 0.320 e. The molecule has 2 amide bonds. The van der Waals surface area contributed by atoms with Crippen molar-refractivity contribution in [2.24, 2.45) is 0 Å². The lowest BCUT2D eigenvalue weighted by Gasteiger charge is -2.38. The van der Waals surface area contributed by atoms with Gasteiger partial charge in [-0.15, -0.1) is 0 Å². The highest BCUT2D eigenvalue weighted by atomic mass is 19.3. The summed E-state index contributed by atoms with van der Waals surface area (Å²) >= 11 is 0. The van der Waals surface area contributed by atoms with E-state index in [0.717, 1.165) is 0 Å². The largest absolute Gasteiger partial charge is 0.493 e. The van der Waals surface area contributed by atoms with Crippen LogP contribution in [0.1, 0.15) is 24.0 Å². The van der Waals surface area contributed by atoms with E-state index in [1.807, 2.05) is 6.07 Å². The highest BCUT2D eigenvalue weighted by molar-refractivity contribution is 5.90. The molecule has 0 fully saturated rings. The fraction of sp³-hybridized carbons (Fsp3) is 0.278. The number of hydrogen-bond donors (Lipinski definition) is 3. The van der Waals surface area contributed by atoms with Crippen molar-refractivity contribution in [1.29, 1.82) is 0 Å². The molecular formula is C18H18F2N2O3. The summed E-state index contributed by atoms with van der Waals surface area (Å²) in [6.45, 7) is 0.0383. The van der Waals surface area contributed by atoms with E-state index >= 15 is 0 Å². The predicted molar refractivity (Wildman–Crippen MR) is 88.9 cm³/mol. The number of hydrogen-bond acceptors (Lipinski definition) is 3. The number of benzene rings is 2. The minimum Gasteiger partial charge on any atom is -0.493 e. The fourth-order valence-corrected chi connectivity index (χ4v) is 2.92. The van der Waals surface area contributed by atoms with Crippen LogP contribution in [0, 0.1) is 0 Å². The number of rotatable bonds is 4. The fourth-order valence-electron chi connectivity index (χ4n) is 2.92. The van der Waals surface area contributed by atoms with Crippen molar-refractivity contribution in [1.82, 2.24) is 5.32 Å². The average Bonchev–Trinajstić information content (AvgIpc) is 2.62. The Morgan fingerprint density at radius 3 is 2.80 bits per heavy atom. The summed E-state index contributed by atoms with van der Waals surface area (Å²) in [6.07, 6.45) is -2.22. The van der Waals surface area contributed by atoms with E-state index in [1.54, 1.807) is 18.2 Å². The van der Waals surface area contributed by atoms with E-state index in [0.29, 0.717) is 24.3 Å². The molecule has 132 valence electrons. The molecule has 0 saturated heterocycles. The van der Waals surface area contributed by atoms with Gasteiger partial charge < -0.3 is 20.5 Å². The van der Waals surface area contributed by atoms with Crippen LogP contribution in [0.25, 0.3) is 0 Å². The number of amides is 2. The lowest BCUT2D eigenvalue weighted by atomic mass is 9.85. The number of urea groups is 1. The Morgan fingerprint density at radius 2 is 2.04 bits per heavy atom. The van der Waals surface area contributed by atoms with E-state index in [2.05, 4.69) is 10.6 Å². The predicted octanol–water partition coefficient (Wildman–Crippen LogP) is 3.42. The zero-order chi connectivity index (χ0) is 17.9. The van der Waals surface area contributed by atoms with Crippen LogP contribution < -0.4 is 15.4 Å². The summed E-state index contributed by atoms with van der Waals surface area (Å²) in [4.78, 5) is 12.4. The second-order valence-electron chi connectivity index (χ2n) is 5.84. The van der Waals surface area contributed by atoms with Crippen molar-refractivity contribution in [3.8, 4) is 5.75 Å². The van der Waals surface area contributed by atoms with Crippen LogP contribution in [0.4, 0.5) is 19.3 Å². The monoisotopic (exact) mass is 348 g/mol. The molecular weight excluding hydrogens is 330 g/mol. The van der Waals surface area contributed by atoms with Gasteiger partial charge in [-0.1, -0.05) is 30.3 Å². The van der Waals surface area contributed by atoms with Crippen molar-refractivity contribution in [3.63, 3.8) is 0 Å². The molecule has 0 saturated carbocycles. The van der Waals surface area contributed by atoms with Crippen molar-refractivity contribution in [2.45, 2.75) is 18.4 Å². The lowest BCUT2D eigenvalue weighted by Crippen LogP contribution is -2.52. The van der Waals surface area contributed by atoms with Gasteiger partial charge in [0.15, 0.2) is 0 Å². The van der Waals surface area contributed by atoms with Gasteiger partial charge in [-0.25, -0.2) is 13.6 Å². The molecule has 2 aromatic carbocycles. The quantitative estimate of drug-likeness (QED) is 0.793. The third-order valence-electron chi connectivity index (χ3n) is 4.21. The number of halogens is 2. The Morgan fingerprint density at radius 1 is 1.24 bits per heavy atom. The third kappa shape index (κ3) is 3.56. The number of ether oxygens (including phenoxy) is 1. The first-order chi connectivity index (χ1) is 12.0. The molecule has 25 heavy (non-hydrogen) atoms. The SMILES string of the molecule is O=C(Nc1cccc(C(F)F)c1)NC1(CO)CCOc2ccccc21. The lowest BCUT2D eigenvalue weighted by molar-refractivity contribution is 0.115. The Labute approximate surface area is 143 Å². The molecule has 0 aliphatic carbocycles. The molecule has 0 radical (unpaired) electrons. The molecule has 2 aromatic rings. The highest BCUT2D eigenvalue weighted by Gasteiger charge is 2.38. The average molecular weight is 348 g/mol. The molecule has 3 N–H and O–H groups in total. The topological polar surface area (TPSA) is 70.6 Å². The van der Waals surface area contributed by atoms with Crippen LogP contribution in [-0.2, 0) is 5.54 Å². The van der Waals surface area contributed by atoms with Gasteiger partial charge in [0.05, 0.1) is 18.8 Å². The maximum Gasteiger partial charge on any atom is 0.320 e. The zero-order valence-corrected chi connectivity index (χ0v) is 13.3. The summed E-state index contributed by atoms with van der Waals surface area (Å²) in [6, 6.07) is 12.0. The molecule has 7 heteroatoms. The normalized spacial score (nSPS) is 19.0. The summed E-state index contributed by atoms with van der Waals surface area (Å²) < 4.78 is 31.1. The van der Waals surface area contributed by atoms with Crippen LogP contribution in [0.3, 0.4) is 0 Å². The maximum absolute atomic E-state index is 12.8. The third-order valence-corrected chi connectivity index (χ3v) is 4.21. The van der Waals surface area contributed by atoms with E-state index < -0.39 is 18.0 Å². The minimum absolute atomic E-state index is 0.175. The van der Waals surface area contributed by atoms with E-state index in [-0.39, 0.29) is 17.9 Å². The van der Waals surface area contributed by atoms with Gasteiger partial charge in [0.1, 0.15) is 5.75 Å². The number of carbonyl (C=O) groups excluding carboxylic acids is 1. The Hall–Kier alpha value is -2.67. The van der Waals surface area contributed by atoms with Gasteiger partial charge in [-0.2, -0.15) is 0 Å². The number of nitrogens with one attached hydrogen (secondary N) is 2. The van der Waals surface area contributed by atoms with Crippen LogP contribution in [-0.4, -0.2) is 24.4 Å². The number of aliphatic hydroxyl groups excluding tert-OH is 1. The van der Waals surface area contributed by atoms with Gasteiger partial charge in [0, 0.05) is 23.2 Å². The molecule has 3 rings (SSSR count). The van der Waals surface area contributed by atoms with Crippen LogP contribution in [0.15, 0.2) is 48.5 Å². The first-order valence-electron chi connectivity index (χ1n) is 7.84. The van der Waals surface area contributed by atoms with Gasteiger partial charge in [-0.3, -0.25) is 0 Å². The molecule has 5 nitrogen and oxygen atoms in total. The van der Waals surface area contributed by atoms with Crippen molar-refractivity contribution < 1.29 is 23.4 Å². The van der Waals surface area contributed by atoms with Gasteiger partial charge in [0.2, 0.25) is 0 Å². The number of fused-ring (bicyclic) bond motifs is 1. The van der Waals surface area contributed by atoms with Crippen molar-refractivity contribution >= 4 is 11.7 Å². The Bertz CT molecular complexity index is 769. The summed E-state index contributed by atoms with van der Waals surface area (Å²) in [7, 11) is 0. The van der Waals surface area contributed by atoms with Gasteiger partial charge >= 0.3 is 6.03 Å². The van der Waals surface area contributed by atoms with Crippen LogP contribution >= 0.6 is 0 Å². The van der Waals surface area contributed by atoms with E-state index in [9.17, 15) is 18.7 Å². The molecule has 1 aliphatic rings. The first kappa shape index (κ1) is 17.2. The molecule has 0 aromatic heterocycles. The standard InChI is InChI=1S/C18H18F2N2O3/c19-16(20)12-4-3-5-13(10-12)21-17(24)22-18(11-23)8-9-25-15-7-2-1-6-14(15)18/h1-7,10,16,23H,8-9,11H2,(H2,21,22,24). The Kier molecular flexibility index (Phi) is 4.85. The second-order valence-corrected chi connectivity index (χ2v) is 5.84. The van der Waals surface area contributed by atoms with Crippen molar-refractivity contribution in [2.75, 3.05) is 18.5 Å². The zero-order valence-electron chi connectivity index (χ0n) is 13.3. The molecule has 0 spiro atoms. The minimum atomic E-state index is -2.61. The first-order valence-corrected chi connectivity index (χ1v) is 7.84. The molecule has 1 heterocycles. The van der Waals surface area contributed by atoms with E-state index in [1.165, 1.54) is 24.3 Å². The van der Waals surface area contributed by atoms with Gasteiger partial charge in [-0.05, 0) is 18.2 Å². The molecule has 1 atom stereocenters. The maximum atomic E-state index is 12.8. The van der Waals surface area contributed by atoms with Crippen LogP contribution in [0.5, 0.6) is 5.75 Å². The number of aliphatic hydroxyl groups is 1. The molecule has 1 aliphatic heterocycles. The summed E-state index contributed by atoms with van der Waals surface area (Å²) in [5.41, 5.74) is -0.228. The van der Waals surface area contributed by atoms with Crippen LogP contribution in [0.2, 0.25) is 0 Å². The summed E-state index contributed by atoms with van der Waals surface area (Å²) in [5, 5.41) is 15.2. The van der Waals surface area contributed by atoms with Crippen molar-refractivity contribution in [3.05, 3.63) is 59.7 Å². The Balaban J connectivity index is 1.79. The number of carbonyl (C=O) groups is 1. The summed E-state index contributed by atoms with van der Waals surface area (Å²) in [5.74, 6) is 0.600.